The van der Waals surface area contributed by atoms with Gasteiger partial charge in [-0.05, 0) is 50.1 Å². The fourth-order valence-electron chi connectivity index (χ4n) is 1.47. The zero-order valence-electron chi connectivity index (χ0n) is 12.3. The minimum Gasteiger partial charge on any atom is -0.459 e. The van der Waals surface area contributed by atoms with Crippen LogP contribution in [0.1, 0.15) is 10.4 Å². The van der Waals surface area contributed by atoms with E-state index < -0.39 is 43.1 Å². The van der Waals surface area contributed by atoms with E-state index >= 15 is 0 Å². The fraction of sp³-hybridized carbons (Fsp3) is 0.385. The Morgan fingerprint density at radius 3 is 1.88 bits per heavy atom. The molecule has 0 aliphatic heterocycles. The molecule has 1 rings (SSSR count). The van der Waals surface area contributed by atoms with E-state index in [9.17, 15) is 35.9 Å². The second-order valence-corrected chi connectivity index (χ2v) is 6.32. The van der Waals surface area contributed by atoms with Gasteiger partial charge in [-0.25, -0.2) is 9.59 Å². The Bertz CT molecular complexity index is 675. The van der Waals surface area contributed by atoms with Crippen molar-refractivity contribution in [1.29, 1.82) is 0 Å². The van der Waals surface area contributed by atoms with Crippen LogP contribution >= 0.6 is 31.9 Å². The first-order valence-electron chi connectivity index (χ1n) is 6.37. The highest BCUT2D eigenvalue weighted by Gasteiger charge is 2.76. The Kier molecular flexibility index (Phi) is 7.10. The van der Waals surface area contributed by atoms with Gasteiger partial charge < -0.3 is 14.6 Å². The van der Waals surface area contributed by atoms with E-state index in [0.29, 0.717) is 8.95 Å². The van der Waals surface area contributed by atoms with E-state index in [1.807, 2.05) is 0 Å². The van der Waals surface area contributed by atoms with Crippen LogP contribution in [0.25, 0.3) is 0 Å². The van der Waals surface area contributed by atoms with Crippen molar-refractivity contribution in [3.63, 3.8) is 0 Å². The highest BCUT2D eigenvalue weighted by Crippen LogP contribution is 2.43. The van der Waals surface area contributed by atoms with Crippen molar-refractivity contribution < 1.29 is 50.5 Å². The van der Waals surface area contributed by atoms with Crippen LogP contribution in [0.5, 0.6) is 0 Å². The third-order valence-corrected chi connectivity index (χ3v) is 4.70. The lowest BCUT2D eigenvalue weighted by Gasteiger charge is -2.29. The first kappa shape index (κ1) is 22.7. The largest absolute Gasteiger partial charge is 0.459 e. The molecule has 0 heterocycles. The van der Waals surface area contributed by atoms with Gasteiger partial charge in [-0.1, -0.05) is 0 Å². The molecule has 146 valence electrons. The first-order valence-corrected chi connectivity index (χ1v) is 7.95. The molecule has 0 radical (unpaired) electrons. The van der Waals surface area contributed by atoms with E-state index in [4.69, 9.17) is 5.11 Å². The van der Waals surface area contributed by atoms with Crippen molar-refractivity contribution in [3.8, 4) is 0 Å². The molecule has 0 amide bonds. The highest BCUT2D eigenvalue weighted by atomic mass is 79.9. The monoisotopic (exact) mass is 516 g/mol. The van der Waals surface area contributed by atoms with E-state index in [1.54, 1.807) is 0 Å². The molecule has 0 aromatic heterocycles. The average molecular weight is 518 g/mol. The second kappa shape index (κ2) is 8.13. The molecule has 26 heavy (non-hydrogen) atoms. The Morgan fingerprint density at radius 2 is 1.42 bits per heavy atom. The van der Waals surface area contributed by atoms with Crippen molar-refractivity contribution >= 4 is 43.8 Å². The van der Waals surface area contributed by atoms with Gasteiger partial charge in [-0.15, -0.1) is 0 Å². The molecule has 13 heteroatoms. The minimum absolute atomic E-state index is 0.0217. The molecule has 0 saturated heterocycles. The summed E-state index contributed by atoms with van der Waals surface area (Å²) in [6, 6.07) is 4.15. The number of esters is 2. The molecule has 1 N–H and O–H groups in total. The molecule has 0 aliphatic rings. The highest BCUT2D eigenvalue weighted by molar-refractivity contribution is 9.13. The number of hydrogen-bond acceptors (Lipinski definition) is 5. The summed E-state index contributed by atoms with van der Waals surface area (Å²) in [5.74, 6) is -3.93. The summed E-state index contributed by atoms with van der Waals surface area (Å²) in [5, 5.41) is 8.75. The summed E-state index contributed by atoms with van der Waals surface area (Å²) >= 11 is 6.25. The lowest BCUT2D eigenvalue weighted by molar-refractivity contribution is -0.357. The summed E-state index contributed by atoms with van der Waals surface area (Å²) in [4.78, 5) is 22.8. The van der Waals surface area contributed by atoms with Gasteiger partial charge in [-0.3, -0.25) is 0 Å². The van der Waals surface area contributed by atoms with Crippen molar-refractivity contribution in [3.05, 3.63) is 32.7 Å². The van der Waals surface area contributed by atoms with Crippen molar-refractivity contribution in [2.24, 2.45) is 0 Å². The fourth-order valence-corrected chi connectivity index (χ4v) is 2.10. The van der Waals surface area contributed by atoms with Crippen LogP contribution < -0.4 is 0 Å². The predicted octanol–water partition coefficient (Wildman–Crippen LogP) is 3.77. The summed E-state index contributed by atoms with van der Waals surface area (Å²) < 4.78 is 83.9. The van der Waals surface area contributed by atoms with Crippen LogP contribution in [0, 0.1) is 0 Å². The van der Waals surface area contributed by atoms with Crippen molar-refractivity contribution in [1.82, 2.24) is 0 Å². The maximum atomic E-state index is 12.4. The van der Waals surface area contributed by atoms with Crippen LogP contribution in [-0.4, -0.2) is 48.2 Å². The number of hydrogen-bond donors (Lipinski definition) is 1. The summed E-state index contributed by atoms with van der Waals surface area (Å²) in [6.45, 7) is -1.96. The van der Waals surface area contributed by atoms with Gasteiger partial charge in [0.2, 0.25) is 0 Å². The van der Waals surface area contributed by atoms with Gasteiger partial charge in [0.05, 0.1) is 5.56 Å². The molecule has 1 aromatic rings. The molecule has 0 bridgehead atoms. The number of aliphatic hydroxyl groups is 1. The zero-order valence-corrected chi connectivity index (χ0v) is 15.4. The zero-order chi connectivity index (χ0) is 20.3. The SMILES string of the molecule is O=C(OCCOC(=O)C(O)(C(F)(F)F)C(F)(F)F)c1ccc(Br)c(Br)c1. The first-order chi connectivity index (χ1) is 11.7. The normalized spacial score (nSPS) is 12.7. The number of alkyl halides is 6. The van der Waals surface area contributed by atoms with E-state index in [1.165, 1.54) is 18.2 Å². The third kappa shape index (κ3) is 4.88. The topological polar surface area (TPSA) is 72.8 Å². The van der Waals surface area contributed by atoms with Crippen LogP contribution in [0.3, 0.4) is 0 Å². The maximum absolute atomic E-state index is 12.4. The summed E-state index contributed by atoms with van der Waals surface area (Å²) in [5.41, 5.74) is -5.66. The Labute approximate surface area is 158 Å². The van der Waals surface area contributed by atoms with Crippen LogP contribution in [0.15, 0.2) is 27.1 Å². The molecule has 0 unspecified atom stereocenters. The van der Waals surface area contributed by atoms with Crippen LogP contribution in [0.4, 0.5) is 26.3 Å². The van der Waals surface area contributed by atoms with Gasteiger partial charge in [0, 0.05) is 8.95 Å². The lowest BCUT2D eigenvalue weighted by Crippen LogP contribution is -2.63. The van der Waals surface area contributed by atoms with Gasteiger partial charge in [0.15, 0.2) is 0 Å². The number of carbonyl (C=O) groups is 2. The molecule has 0 spiro atoms. The quantitative estimate of drug-likeness (QED) is 0.366. The van der Waals surface area contributed by atoms with E-state index in [-0.39, 0.29) is 5.56 Å². The van der Waals surface area contributed by atoms with Crippen LogP contribution in [0.2, 0.25) is 0 Å². The molecule has 5 nitrogen and oxygen atoms in total. The standard InChI is InChI=1S/C13H8Br2F6O5/c14-7-2-1-6(5-8(7)15)9(22)25-3-4-26-10(23)11(24,12(16,17)18)13(19,20)21/h1-2,5,24H,3-4H2. The smallest absolute Gasteiger partial charge is 0.437 e. The summed E-state index contributed by atoms with van der Waals surface area (Å²) in [7, 11) is 0. The average Bonchev–Trinajstić information content (AvgIpc) is 2.50. The van der Waals surface area contributed by atoms with Gasteiger partial charge >= 0.3 is 29.9 Å². The van der Waals surface area contributed by atoms with Gasteiger partial charge in [-0.2, -0.15) is 26.3 Å². The van der Waals surface area contributed by atoms with E-state index in [0.717, 1.165) is 0 Å². The summed E-state index contributed by atoms with van der Waals surface area (Å²) in [6.07, 6.45) is -12.7. The second-order valence-electron chi connectivity index (χ2n) is 4.61. The number of rotatable bonds is 5. The predicted molar refractivity (Wildman–Crippen MR) is 80.1 cm³/mol. The van der Waals surface area contributed by atoms with Crippen LogP contribution in [-0.2, 0) is 14.3 Å². The molecule has 0 aliphatic carbocycles. The van der Waals surface area contributed by atoms with Gasteiger partial charge in [0.25, 0.3) is 0 Å². The number of halogens is 8. The molecular weight excluding hydrogens is 510 g/mol. The Balaban J connectivity index is 2.65. The third-order valence-electron chi connectivity index (χ3n) is 2.82. The molecule has 0 saturated carbocycles. The molecule has 0 fully saturated rings. The van der Waals surface area contributed by atoms with E-state index in [2.05, 4.69) is 41.3 Å². The number of benzene rings is 1. The maximum Gasteiger partial charge on any atom is 0.437 e. The van der Waals surface area contributed by atoms with Crippen molar-refractivity contribution in [2.75, 3.05) is 13.2 Å². The molecule has 0 atom stereocenters. The number of carbonyl (C=O) groups excluding carboxylic acids is 2. The number of ether oxygens (including phenoxy) is 2. The minimum atomic E-state index is -6.34. The lowest BCUT2D eigenvalue weighted by atomic mass is 10.0. The Hall–Kier alpha value is -1.34. The van der Waals surface area contributed by atoms with Crippen molar-refractivity contribution in [2.45, 2.75) is 18.0 Å². The van der Waals surface area contributed by atoms with Gasteiger partial charge in [0.1, 0.15) is 13.2 Å². The molecular formula is C13H8Br2F6O5. The Morgan fingerprint density at radius 1 is 0.923 bits per heavy atom. The molecule has 1 aromatic carbocycles.